The monoisotopic (exact) mass is 276 g/mol. The summed E-state index contributed by atoms with van der Waals surface area (Å²) in [5.74, 6) is 0.00941. The third kappa shape index (κ3) is 4.75. The average Bonchev–Trinajstić information content (AvgIpc) is 3.09. The van der Waals surface area contributed by atoms with E-state index in [0.29, 0.717) is 12.6 Å². The Morgan fingerprint density at radius 1 is 1.28 bits per heavy atom. The highest BCUT2D eigenvalue weighted by Gasteiger charge is 2.45. The molecular weight excluding hydrogens is 252 g/mol. The first-order chi connectivity index (χ1) is 8.21. The van der Waals surface area contributed by atoms with Crippen LogP contribution in [-0.2, 0) is 9.53 Å². The first kappa shape index (κ1) is 15.7. The Labute approximate surface area is 115 Å². The van der Waals surface area contributed by atoms with E-state index >= 15 is 0 Å². The van der Waals surface area contributed by atoms with E-state index in [4.69, 9.17) is 10.5 Å². The van der Waals surface area contributed by atoms with Crippen LogP contribution in [0.25, 0.3) is 0 Å². The molecule has 0 aromatic rings. The van der Waals surface area contributed by atoms with Crippen LogP contribution in [0.5, 0.6) is 0 Å². The molecule has 2 aliphatic carbocycles. The van der Waals surface area contributed by atoms with Crippen molar-refractivity contribution in [3.8, 4) is 0 Å². The maximum Gasteiger partial charge on any atom is 0.240 e. The minimum absolute atomic E-state index is 0. The lowest BCUT2D eigenvalue weighted by Crippen LogP contribution is -2.43. The topological polar surface area (TPSA) is 64.4 Å². The van der Waals surface area contributed by atoms with Gasteiger partial charge in [-0.1, -0.05) is 19.3 Å². The van der Waals surface area contributed by atoms with E-state index in [2.05, 4.69) is 5.32 Å². The van der Waals surface area contributed by atoms with Gasteiger partial charge in [0.1, 0.15) is 0 Å². The highest BCUT2D eigenvalue weighted by molar-refractivity contribution is 5.88. The van der Waals surface area contributed by atoms with Gasteiger partial charge in [-0.05, 0) is 32.1 Å². The minimum atomic E-state index is -0.537. The molecule has 2 rings (SSSR count). The molecule has 0 atom stereocenters. The Balaban J connectivity index is 0.00000162. The van der Waals surface area contributed by atoms with Gasteiger partial charge in [0.05, 0.1) is 11.6 Å². The number of amides is 1. The standard InChI is InChI=1S/C13H24N2O2.ClH/c14-13(7-8-13)12(16)15-9-4-10-17-11-5-2-1-3-6-11;/h11H,1-10,14H2,(H,15,16);1H. The van der Waals surface area contributed by atoms with E-state index in [9.17, 15) is 4.79 Å². The molecule has 0 spiro atoms. The van der Waals surface area contributed by atoms with E-state index in [1.54, 1.807) is 0 Å². The summed E-state index contributed by atoms with van der Waals surface area (Å²) in [6, 6.07) is 0. The van der Waals surface area contributed by atoms with Gasteiger partial charge in [0.2, 0.25) is 5.91 Å². The third-order valence-corrected chi connectivity index (χ3v) is 3.75. The number of nitrogens with one attached hydrogen (secondary N) is 1. The molecule has 2 fully saturated rings. The molecule has 0 aromatic carbocycles. The van der Waals surface area contributed by atoms with Gasteiger partial charge in [0, 0.05) is 13.2 Å². The lowest BCUT2D eigenvalue weighted by atomic mass is 9.98. The number of nitrogens with two attached hydrogens (primary N) is 1. The zero-order valence-corrected chi connectivity index (χ0v) is 11.8. The Bertz CT molecular complexity index is 264. The summed E-state index contributed by atoms with van der Waals surface area (Å²) in [4.78, 5) is 11.5. The Hall–Kier alpha value is -0.320. The first-order valence-electron chi connectivity index (χ1n) is 6.89. The van der Waals surface area contributed by atoms with Crippen molar-refractivity contribution >= 4 is 18.3 Å². The quantitative estimate of drug-likeness (QED) is 0.727. The number of hydrogen-bond donors (Lipinski definition) is 2. The number of ether oxygens (including phenoxy) is 1. The van der Waals surface area contributed by atoms with Gasteiger partial charge >= 0.3 is 0 Å². The van der Waals surface area contributed by atoms with Gasteiger partial charge in [-0.3, -0.25) is 4.79 Å². The van der Waals surface area contributed by atoms with Crippen molar-refractivity contribution in [1.29, 1.82) is 0 Å². The molecule has 18 heavy (non-hydrogen) atoms. The fourth-order valence-corrected chi connectivity index (χ4v) is 2.29. The summed E-state index contributed by atoms with van der Waals surface area (Å²) in [6.07, 6.45) is 9.38. The first-order valence-corrected chi connectivity index (χ1v) is 6.89. The van der Waals surface area contributed by atoms with E-state index in [-0.39, 0.29) is 18.3 Å². The van der Waals surface area contributed by atoms with Gasteiger partial charge < -0.3 is 15.8 Å². The van der Waals surface area contributed by atoms with E-state index in [1.165, 1.54) is 32.1 Å². The van der Waals surface area contributed by atoms with Gasteiger partial charge in [-0.15, -0.1) is 12.4 Å². The summed E-state index contributed by atoms with van der Waals surface area (Å²) in [7, 11) is 0. The number of halogens is 1. The molecule has 5 heteroatoms. The van der Waals surface area contributed by atoms with E-state index < -0.39 is 5.54 Å². The Kier molecular flexibility index (Phi) is 6.39. The van der Waals surface area contributed by atoms with Crippen LogP contribution in [-0.4, -0.2) is 30.7 Å². The molecule has 2 saturated carbocycles. The number of rotatable bonds is 6. The summed E-state index contributed by atoms with van der Waals surface area (Å²) in [5.41, 5.74) is 5.24. The largest absolute Gasteiger partial charge is 0.378 e. The van der Waals surface area contributed by atoms with Crippen LogP contribution in [0.3, 0.4) is 0 Å². The molecule has 1 amide bonds. The fraction of sp³-hybridized carbons (Fsp3) is 0.923. The van der Waals surface area contributed by atoms with Gasteiger partial charge in [-0.2, -0.15) is 0 Å². The van der Waals surface area contributed by atoms with Crippen LogP contribution in [0.1, 0.15) is 51.4 Å². The zero-order chi connectivity index (χ0) is 12.1. The summed E-state index contributed by atoms with van der Waals surface area (Å²) < 4.78 is 5.78. The van der Waals surface area contributed by atoms with Crippen LogP contribution in [0, 0.1) is 0 Å². The van der Waals surface area contributed by atoms with Crippen molar-refractivity contribution in [2.75, 3.05) is 13.2 Å². The van der Waals surface area contributed by atoms with Gasteiger partial charge in [-0.25, -0.2) is 0 Å². The average molecular weight is 277 g/mol. The van der Waals surface area contributed by atoms with Crippen molar-refractivity contribution in [2.45, 2.75) is 63.0 Å². The highest BCUT2D eigenvalue weighted by atomic mass is 35.5. The molecule has 106 valence electrons. The van der Waals surface area contributed by atoms with Crippen molar-refractivity contribution < 1.29 is 9.53 Å². The molecule has 2 aliphatic rings. The third-order valence-electron chi connectivity index (χ3n) is 3.75. The maximum atomic E-state index is 11.5. The second-order valence-electron chi connectivity index (χ2n) is 5.40. The molecule has 4 nitrogen and oxygen atoms in total. The van der Waals surface area contributed by atoms with Crippen LogP contribution in [0.2, 0.25) is 0 Å². The smallest absolute Gasteiger partial charge is 0.240 e. The SMILES string of the molecule is Cl.NC1(C(=O)NCCCOC2CCCCC2)CC1. The Morgan fingerprint density at radius 3 is 2.56 bits per heavy atom. The lowest BCUT2D eigenvalue weighted by Gasteiger charge is -2.22. The molecule has 0 saturated heterocycles. The fourth-order valence-electron chi connectivity index (χ4n) is 2.29. The van der Waals surface area contributed by atoms with Crippen LogP contribution < -0.4 is 11.1 Å². The van der Waals surface area contributed by atoms with Crippen molar-refractivity contribution in [3.05, 3.63) is 0 Å². The maximum absolute atomic E-state index is 11.5. The van der Waals surface area contributed by atoms with Crippen LogP contribution >= 0.6 is 12.4 Å². The molecule has 0 unspecified atom stereocenters. The second kappa shape index (κ2) is 7.31. The van der Waals surface area contributed by atoms with Gasteiger partial charge in [0.15, 0.2) is 0 Å². The molecule has 0 aliphatic heterocycles. The molecular formula is C13H25ClN2O2. The summed E-state index contributed by atoms with van der Waals surface area (Å²) in [6.45, 7) is 1.44. The zero-order valence-electron chi connectivity index (χ0n) is 11.0. The summed E-state index contributed by atoms with van der Waals surface area (Å²) in [5, 5.41) is 2.88. The van der Waals surface area contributed by atoms with E-state index in [0.717, 1.165) is 25.9 Å². The Morgan fingerprint density at radius 2 is 1.94 bits per heavy atom. The summed E-state index contributed by atoms with van der Waals surface area (Å²) >= 11 is 0. The molecule has 0 heterocycles. The molecule has 0 bridgehead atoms. The number of hydrogen-bond acceptors (Lipinski definition) is 3. The highest BCUT2D eigenvalue weighted by Crippen LogP contribution is 2.31. The normalized spacial score (nSPS) is 22.1. The van der Waals surface area contributed by atoms with Crippen molar-refractivity contribution in [2.24, 2.45) is 5.73 Å². The van der Waals surface area contributed by atoms with Gasteiger partial charge in [0.25, 0.3) is 0 Å². The second-order valence-corrected chi connectivity index (χ2v) is 5.40. The van der Waals surface area contributed by atoms with E-state index in [1.807, 2.05) is 0 Å². The van der Waals surface area contributed by atoms with Crippen molar-refractivity contribution in [3.63, 3.8) is 0 Å². The van der Waals surface area contributed by atoms with Crippen molar-refractivity contribution in [1.82, 2.24) is 5.32 Å². The number of carbonyl (C=O) groups excluding carboxylic acids is 1. The van der Waals surface area contributed by atoms with Crippen LogP contribution in [0.4, 0.5) is 0 Å². The predicted molar refractivity (Wildman–Crippen MR) is 73.9 cm³/mol. The number of carbonyl (C=O) groups is 1. The molecule has 0 aromatic heterocycles. The molecule has 3 N–H and O–H groups in total. The minimum Gasteiger partial charge on any atom is -0.378 e. The molecule has 0 radical (unpaired) electrons. The predicted octanol–water partition coefficient (Wildman–Crippen LogP) is 1.76. The van der Waals surface area contributed by atoms with Crippen LogP contribution in [0.15, 0.2) is 0 Å². The lowest BCUT2D eigenvalue weighted by molar-refractivity contribution is -0.123.